The third-order valence-corrected chi connectivity index (χ3v) is 2.76. The molecule has 0 aromatic heterocycles. The maximum Gasteiger partial charge on any atom is 0.416 e. The van der Waals surface area contributed by atoms with Crippen LogP contribution in [0.15, 0.2) is 47.7 Å². The molecule has 0 amide bonds. The Bertz CT molecular complexity index is 640. The fourth-order valence-corrected chi connectivity index (χ4v) is 1.62. The second-order valence-corrected chi connectivity index (χ2v) is 4.55. The second-order valence-electron chi connectivity index (χ2n) is 4.14. The summed E-state index contributed by atoms with van der Waals surface area (Å²) >= 11 is 4.94. The van der Waals surface area contributed by atoms with Crippen LogP contribution in [0.3, 0.4) is 0 Å². The Balaban J connectivity index is 2.97. The summed E-state index contributed by atoms with van der Waals surface area (Å²) in [5, 5.41) is 21.2. The Hall–Kier alpha value is -2.33. The fourth-order valence-electron chi connectivity index (χ4n) is 1.36. The number of nitriles is 1. The molecule has 1 aromatic carbocycles. The lowest BCUT2D eigenvalue weighted by molar-refractivity contribution is -0.137. The Morgan fingerprint density at radius 2 is 1.86 bits per heavy atom. The van der Waals surface area contributed by atoms with Crippen LogP contribution < -0.4 is 5.32 Å². The molecule has 3 nitrogen and oxygen atoms in total. The minimum atomic E-state index is -4.42. The summed E-state index contributed by atoms with van der Waals surface area (Å²) in [5.74, 6) is -0.359. The van der Waals surface area contributed by atoms with E-state index in [0.29, 0.717) is 0 Å². The number of hydrogen-bond acceptors (Lipinski definition) is 3. The minimum Gasteiger partial charge on any atom is -0.506 e. The van der Waals surface area contributed by atoms with Crippen molar-refractivity contribution in [2.45, 2.75) is 13.1 Å². The first kappa shape index (κ1) is 16.7. The largest absolute Gasteiger partial charge is 0.506 e. The highest BCUT2D eigenvalue weighted by molar-refractivity contribution is 7.81. The van der Waals surface area contributed by atoms with Gasteiger partial charge in [0.2, 0.25) is 0 Å². The maximum atomic E-state index is 12.4. The quantitative estimate of drug-likeness (QED) is 0.286. The van der Waals surface area contributed by atoms with Crippen molar-refractivity contribution in [3.63, 3.8) is 0 Å². The average molecular weight is 312 g/mol. The first-order valence-corrected chi connectivity index (χ1v) is 6.05. The Kier molecular flexibility index (Phi) is 5.11. The van der Waals surface area contributed by atoms with Crippen LogP contribution in [-0.2, 0) is 6.18 Å². The van der Waals surface area contributed by atoms with E-state index in [9.17, 15) is 18.3 Å². The van der Waals surface area contributed by atoms with E-state index in [-0.39, 0.29) is 27.6 Å². The normalized spacial score (nSPS) is 12.1. The van der Waals surface area contributed by atoms with Crippen molar-refractivity contribution >= 4 is 22.9 Å². The summed E-state index contributed by atoms with van der Waals surface area (Å²) in [7, 11) is 0. The number of nitrogens with zero attached hydrogens (tertiary/aromatic N) is 1. The standard InChI is InChI=1S/C14H11F3N2OS/c1-8(2)12(20)11(7-18)13(21)19-10-5-3-9(4-6-10)14(15,16)17/h3-6,20H,1H2,2H3,(H,19,21)/b12-11-. The molecule has 2 N–H and O–H groups in total. The van der Waals surface area contributed by atoms with Gasteiger partial charge in [0.05, 0.1) is 5.56 Å². The van der Waals surface area contributed by atoms with Crippen LogP contribution >= 0.6 is 12.2 Å². The van der Waals surface area contributed by atoms with Crippen molar-refractivity contribution in [3.05, 3.63) is 53.3 Å². The van der Waals surface area contributed by atoms with Gasteiger partial charge in [0.25, 0.3) is 0 Å². The molecule has 0 aliphatic rings. The van der Waals surface area contributed by atoms with Crippen LogP contribution in [0.5, 0.6) is 0 Å². The van der Waals surface area contributed by atoms with E-state index in [2.05, 4.69) is 11.9 Å². The van der Waals surface area contributed by atoms with Gasteiger partial charge in [0, 0.05) is 5.69 Å². The Labute approximate surface area is 125 Å². The van der Waals surface area contributed by atoms with E-state index >= 15 is 0 Å². The van der Waals surface area contributed by atoms with E-state index in [1.54, 1.807) is 6.07 Å². The number of hydrogen-bond donors (Lipinski definition) is 2. The highest BCUT2D eigenvalue weighted by atomic mass is 32.1. The zero-order valence-corrected chi connectivity index (χ0v) is 11.8. The van der Waals surface area contributed by atoms with Crippen molar-refractivity contribution < 1.29 is 18.3 Å². The number of anilines is 1. The van der Waals surface area contributed by atoms with Gasteiger partial charge in [0.15, 0.2) is 0 Å². The predicted molar refractivity (Wildman–Crippen MR) is 77.7 cm³/mol. The van der Waals surface area contributed by atoms with Crippen molar-refractivity contribution in [2.75, 3.05) is 5.32 Å². The zero-order chi connectivity index (χ0) is 16.2. The molecule has 0 radical (unpaired) electrons. The van der Waals surface area contributed by atoms with Crippen LogP contribution in [0.1, 0.15) is 12.5 Å². The summed E-state index contributed by atoms with van der Waals surface area (Å²) in [6, 6.07) is 5.87. The number of aliphatic hydroxyl groups is 1. The third kappa shape index (κ3) is 4.33. The Morgan fingerprint density at radius 3 is 2.24 bits per heavy atom. The van der Waals surface area contributed by atoms with E-state index < -0.39 is 11.7 Å². The molecule has 0 aliphatic heterocycles. The molecular weight excluding hydrogens is 301 g/mol. The number of thiocarbonyl (C=S) groups is 1. The fraction of sp³-hybridized carbons (Fsp3) is 0.143. The number of rotatable bonds is 3. The first-order chi connectivity index (χ1) is 9.66. The second kappa shape index (κ2) is 6.41. The molecule has 1 rings (SSSR count). The first-order valence-electron chi connectivity index (χ1n) is 5.64. The molecule has 0 saturated heterocycles. The van der Waals surface area contributed by atoms with Crippen LogP contribution in [0.4, 0.5) is 18.9 Å². The molecule has 7 heteroatoms. The number of alkyl halides is 3. The minimum absolute atomic E-state index is 0.0993. The molecule has 110 valence electrons. The van der Waals surface area contributed by atoms with Crippen LogP contribution in [-0.4, -0.2) is 10.1 Å². The average Bonchev–Trinajstić information content (AvgIpc) is 2.38. The van der Waals surface area contributed by atoms with Crippen molar-refractivity contribution in [2.24, 2.45) is 0 Å². The summed E-state index contributed by atoms with van der Waals surface area (Å²) in [6.45, 7) is 4.97. The number of aliphatic hydroxyl groups excluding tert-OH is 1. The summed E-state index contributed by atoms with van der Waals surface area (Å²) in [6.07, 6.45) is -4.42. The van der Waals surface area contributed by atoms with Crippen LogP contribution in [0, 0.1) is 11.3 Å². The smallest absolute Gasteiger partial charge is 0.416 e. The van der Waals surface area contributed by atoms with E-state index in [0.717, 1.165) is 12.1 Å². The van der Waals surface area contributed by atoms with Gasteiger partial charge in [-0.3, -0.25) is 0 Å². The molecule has 0 bridgehead atoms. The molecule has 0 aliphatic carbocycles. The third-order valence-electron chi connectivity index (χ3n) is 2.45. The van der Waals surface area contributed by atoms with Gasteiger partial charge in [-0.1, -0.05) is 18.8 Å². The van der Waals surface area contributed by atoms with Crippen molar-refractivity contribution in [3.8, 4) is 6.07 Å². The molecule has 0 saturated carbocycles. The molecule has 1 aromatic rings. The molecule has 0 spiro atoms. The van der Waals surface area contributed by atoms with Gasteiger partial charge in [-0.15, -0.1) is 0 Å². The van der Waals surface area contributed by atoms with Gasteiger partial charge < -0.3 is 10.4 Å². The van der Waals surface area contributed by atoms with Gasteiger partial charge in [-0.25, -0.2) is 0 Å². The molecular formula is C14H11F3N2OS. The highest BCUT2D eigenvalue weighted by Gasteiger charge is 2.30. The summed E-state index contributed by atoms with van der Waals surface area (Å²) in [5.41, 5.74) is -0.462. The van der Waals surface area contributed by atoms with Gasteiger partial charge in [-0.2, -0.15) is 18.4 Å². The molecule has 0 unspecified atom stereocenters. The topological polar surface area (TPSA) is 56.0 Å². The number of benzene rings is 1. The number of halogens is 3. The summed E-state index contributed by atoms with van der Waals surface area (Å²) < 4.78 is 37.3. The summed E-state index contributed by atoms with van der Waals surface area (Å²) in [4.78, 5) is -0.0993. The maximum absolute atomic E-state index is 12.4. The van der Waals surface area contributed by atoms with E-state index in [4.69, 9.17) is 17.5 Å². The predicted octanol–water partition coefficient (Wildman–Crippen LogP) is 4.36. The van der Waals surface area contributed by atoms with Crippen molar-refractivity contribution in [1.29, 1.82) is 5.26 Å². The van der Waals surface area contributed by atoms with E-state index in [1.165, 1.54) is 19.1 Å². The van der Waals surface area contributed by atoms with Crippen LogP contribution in [0.25, 0.3) is 0 Å². The van der Waals surface area contributed by atoms with E-state index in [1.807, 2.05) is 0 Å². The van der Waals surface area contributed by atoms with Gasteiger partial charge in [0.1, 0.15) is 22.4 Å². The number of nitrogens with one attached hydrogen (secondary N) is 1. The molecule has 0 fully saturated rings. The van der Waals surface area contributed by atoms with Gasteiger partial charge >= 0.3 is 6.18 Å². The van der Waals surface area contributed by atoms with Crippen LogP contribution in [0.2, 0.25) is 0 Å². The SMILES string of the molecule is C=C(C)/C(O)=C(\C#N)C(=S)Nc1ccc(C(F)(F)F)cc1. The van der Waals surface area contributed by atoms with Crippen molar-refractivity contribution in [1.82, 2.24) is 0 Å². The lowest BCUT2D eigenvalue weighted by Gasteiger charge is -2.10. The van der Waals surface area contributed by atoms with Gasteiger partial charge in [-0.05, 0) is 36.8 Å². The molecule has 0 atom stereocenters. The molecule has 0 heterocycles. The highest BCUT2D eigenvalue weighted by Crippen LogP contribution is 2.29. The zero-order valence-electron chi connectivity index (χ0n) is 11.0. The molecule has 21 heavy (non-hydrogen) atoms. The Morgan fingerprint density at radius 1 is 1.33 bits per heavy atom. The lowest BCUT2D eigenvalue weighted by Crippen LogP contribution is -2.14. The lowest BCUT2D eigenvalue weighted by atomic mass is 10.1. The monoisotopic (exact) mass is 312 g/mol. The number of allylic oxidation sites excluding steroid dienone is 1.